The quantitative estimate of drug-likeness (QED) is 0.473. The molecule has 2 radical (unpaired) electrons. The molecule has 1 rings (SSSR count). The molecule has 38 valence electrons. The van der Waals surface area contributed by atoms with E-state index in [2.05, 4.69) is 15.2 Å². The van der Waals surface area contributed by atoms with Gasteiger partial charge in [-0.05, 0) is 0 Å². The molecule has 0 aliphatic carbocycles. The molecule has 0 aliphatic rings. The first-order valence-electron chi connectivity index (χ1n) is 1.96. The first kappa shape index (κ1) is 5.02. The van der Waals surface area contributed by atoms with Gasteiger partial charge in [-0.15, -0.1) is 0 Å². The second-order valence-electron chi connectivity index (χ2n) is 1.20. The Bertz CT molecular complexity index is 182. The molecular weight excluding hydrogens is 105 g/mol. The Hall–Kier alpha value is -1.13. The van der Waals surface area contributed by atoms with Crippen molar-refractivity contribution in [1.82, 2.24) is 15.2 Å². The number of rotatable bonds is 1. The van der Waals surface area contributed by atoms with E-state index in [1.54, 1.807) is 0 Å². The number of nitrogens with zero attached hydrogens (tertiary/aromatic N) is 2. The van der Waals surface area contributed by atoms with Crippen LogP contribution in [0.2, 0.25) is 0 Å². The highest BCUT2D eigenvalue weighted by atomic mass is 16.1. The van der Waals surface area contributed by atoms with E-state index >= 15 is 0 Å². The van der Waals surface area contributed by atoms with Crippen LogP contribution in [0.15, 0.2) is 6.33 Å². The van der Waals surface area contributed by atoms with Crippen molar-refractivity contribution in [2.45, 2.75) is 0 Å². The van der Waals surface area contributed by atoms with Gasteiger partial charge >= 0.3 is 0 Å². The second-order valence-corrected chi connectivity index (χ2v) is 1.20. The zero-order valence-electron chi connectivity index (χ0n) is 3.96. The summed E-state index contributed by atoms with van der Waals surface area (Å²) in [5.74, 6) is 0.0880. The summed E-state index contributed by atoms with van der Waals surface area (Å²) in [6.07, 6.45) is 1.22. The number of nitrogens with one attached hydrogen (secondary N) is 1. The standard InChI is InChI=1S/C3H2BN3O/c4-2(8)3-5-1-6-7-3/h1H,(H,5,6,7). The van der Waals surface area contributed by atoms with Gasteiger partial charge in [0.2, 0.25) is 0 Å². The highest BCUT2D eigenvalue weighted by molar-refractivity contribution is 6.61. The van der Waals surface area contributed by atoms with Crippen LogP contribution in [-0.2, 0) is 0 Å². The van der Waals surface area contributed by atoms with Gasteiger partial charge in [-0.2, -0.15) is 5.10 Å². The van der Waals surface area contributed by atoms with Gasteiger partial charge in [0.05, 0.1) is 0 Å². The number of hydrogen-bond donors (Lipinski definition) is 1. The van der Waals surface area contributed by atoms with Gasteiger partial charge < -0.3 is 4.79 Å². The monoisotopic (exact) mass is 107 g/mol. The topological polar surface area (TPSA) is 58.6 Å². The predicted molar refractivity (Wildman–Crippen MR) is 26.5 cm³/mol. The number of carbonyl (C=O) groups is 1. The molecule has 0 aliphatic heterocycles. The Kier molecular flexibility index (Phi) is 1.11. The lowest BCUT2D eigenvalue weighted by Gasteiger charge is -1.78. The van der Waals surface area contributed by atoms with Gasteiger partial charge in [0.15, 0.2) is 13.7 Å². The highest BCUT2D eigenvalue weighted by Crippen LogP contribution is 1.80. The molecule has 0 bridgehead atoms. The van der Waals surface area contributed by atoms with Crippen LogP contribution in [0, 0.1) is 0 Å². The molecule has 0 saturated heterocycles. The molecule has 1 heterocycles. The zero-order chi connectivity index (χ0) is 5.98. The Labute approximate surface area is 46.7 Å². The third-order valence-corrected chi connectivity index (χ3v) is 0.648. The molecule has 0 spiro atoms. The van der Waals surface area contributed by atoms with Crippen molar-refractivity contribution in [3.8, 4) is 0 Å². The van der Waals surface area contributed by atoms with Crippen LogP contribution in [0.5, 0.6) is 0 Å². The lowest BCUT2D eigenvalue weighted by molar-refractivity contribution is 0.107. The SMILES string of the molecule is [B]C(=O)c1ncn[nH]1. The summed E-state index contributed by atoms with van der Waals surface area (Å²) in [6.45, 7) is 0. The summed E-state index contributed by atoms with van der Waals surface area (Å²) >= 11 is 0. The third-order valence-electron chi connectivity index (χ3n) is 0.648. The molecule has 4 nitrogen and oxygen atoms in total. The average Bonchev–Trinajstić information content (AvgIpc) is 2.12. The van der Waals surface area contributed by atoms with Crippen molar-refractivity contribution in [1.29, 1.82) is 0 Å². The molecule has 0 unspecified atom stereocenters. The van der Waals surface area contributed by atoms with Crippen molar-refractivity contribution >= 4 is 13.5 Å². The van der Waals surface area contributed by atoms with Crippen LogP contribution in [0.3, 0.4) is 0 Å². The van der Waals surface area contributed by atoms with Gasteiger partial charge in [-0.3, -0.25) is 5.10 Å². The van der Waals surface area contributed by atoms with E-state index in [9.17, 15) is 4.79 Å². The van der Waals surface area contributed by atoms with E-state index < -0.39 is 5.68 Å². The van der Waals surface area contributed by atoms with Crippen molar-refractivity contribution < 1.29 is 4.79 Å². The molecule has 0 saturated carbocycles. The normalized spacial score (nSPS) is 9.00. The zero-order valence-corrected chi connectivity index (χ0v) is 3.96. The van der Waals surface area contributed by atoms with Crippen LogP contribution < -0.4 is 0 Å². The van der Waals surface area contributed by atoms with Gasteiger partial charge in [0.1, 0.15) is 12.0 Å². The van der Waals surface area contributed by atoms with Crippen LogP contribution in [0.4, 0.5) is 0 Å². The molecule has 5 heteroatoms. The molecule has 1 aromatic heterocycles. The maximum atomic E-state index is 10.2. The van der Waals surface area contributed by atoms with Gasteiger partial charge in [-0.25, -0.2) is 4.98 Å². The summed E-state index contributed by atoms with van der Waals surface area (Å²) in [4.78, 5) is 13.6. The predicted octanol–water partition coefficient (Wildman–Crippen LogP) is -0.887. The Morgan fingerprint density at radius 3 is 2.88 bits per heavy atom. The first-order chi connectivity index (χ1) is 3.80. The molecule has 8 heavy (non-hydrogen) atoms. The molecule has 1 aromatic rings. The van der Waals surface area contributed by atoms with Gasteiger partial charge in [-0.1, -0.05) is 0 Å². The van der Waals surface area contributed by atoms with E-state index in [0.29, 0.717) is 0 Å². The minimum atomic E-state index is -0.595. The number of H-pyrrole nitrogens is 1. The van der Waals surface area contributed by atoms with E-state index in [4.69, 9.17) is 7.85 Å². The second kappa shape index (κ2) is 1.77. The smallest absolute Gasteiger partial charge is 0.179 e. The number of aromatic nitrogens is 3. The van der Waals surface area contributed by atoms with Crippen LogP contribution in [-0.4, -0.2) is 28.7 Å². The van der Waals surface area contributed by atoms with Crippen molar-refractivity contribution in [2.75, 3.05) is 0 Å². The van der Waals surface area contributed by atoms with E-state index in [1.807, 2.05) is 0 Å². The average molecular weight is 107 g/mol. The van der Waals surface area contributed by atoms with E-state index in [-0.39, 0.29) is 5.82 Å². The summed E-state index contributed by atoms with van der Waals surface area (Å²) < 4.78 is 0. The van der Waals surface area contributed by atoms with Crippen molar-refractivity contribution in [2.24, 2.45) is 0 Å². The fourth-order valence-corrected chi connectivity index (χ4v) is 0.324. The van der Waals surface area contributed by atoms with E-state index in [0.717, 1.165) is 0 Å². The number of hydrogen-bond acceptors (Lipinski definition) is 3. The maximum Gasteiger partial charge on any atom is 0.179 e. The highest BCUT2D eigenvalue weighted by Gasteiger charge is 1.97. The molecular formula is C3H2BN3O. The van der Waals surface area contributed by atoms with Gasteiger partial charge in [0, 0.05) is 0 Å². The summed E-state index contributed by atoms with van der Waals surface area (Å²) in [7, 11) is 4.79. The van der Waals surface area contributed by atoms with Crippen LogP contribution in [0.1, 0.15) is 10.6 Å². The molecule has 0 atom stereocenters. The molecule has 0 amide bonds. The van der Waals surface area contributed by atoms with Crippen LogP contribution >= 0.6 is 0 Å². The number of aromatic amines is 1. The maximum absolute atomic E-state index is 10.2. The molecule has 1 N–H and O–H groups in total. The lowest BCUT2D eigenvalue weighted by Crippen LogP contribution is -1.99. The lowest BCUT2D eigenvalue weighted by atomic mass is 10.0. The Morgan fingerprint density at radius 1 is 1.88 bits per heavy atom. The summed E-state index contributed by atoms with van der Waals surface area (Å²) in [6, 6.07) is 0. The van der Waals surface area contributed by atoms with Crippen molar-refractivity contribution in [3.05, 3.63) is 12.2 Å². The molecule has 0 aromatic carbocycles. The Balaban J connectivity index is 2.93. The third kappa shape index (κ3) is 0.751. The van der Waals surface area contributed by atoms with Gasteiger partial charge in [0.25, 0.3) is 0 Å². The first-order valence-corrected chi connectivity index (χ1v) is 1.96. The largest absolute Gasteiger partial charge is 0.304 e. The fraction of sp³-hybridized carbons (Fsp3) is 0. The fourth-order valence-electron chi connectivity index (χ4n) is 0.324. The molecule has 0 fully saturated rings. The minimum absolute atomic E-state index is 0.0880. The minimum Gasteiger partial charge on any atom is -0.304 e. The van der Waals surface area contributed by atoms with Crippen molar-refractivity contribution in [3.63, 3.8) is 0 Å². The van der Waals surface area contributed by atoms with E-state index in [1.165, 1.54) is 6.33 Å². The number of carbonyl (C=O) groups excluding carboxylic acids is 1. The van der Waals surface area contributed by atoms with Crippen LogP contribution in [0.25, 0.3) is 0 Å². The Morgan fingerprint density at radius 2 is 2.62 bits per heavy atom. The summed E-state index contributed by atoms with van der Waals surface area (Å²) in [5, 5.41) is 5.71. The summed E-state index contributed by atoms with van der Waals surface area (Å²) in [5.41, 5.74) is -0.595.